The molecule has 1 atom stereocenters. The summed E-state index contributed by atoms with van der Waals surface area (Å²) in [6, 6.07) is 0. The lowest BCUT2D eigenvalue weighted by Gasteiger charge is -2.32. The van der Waals surface area contributed by atoms with Crippen LogP contribution in [0.4, 0.5) is 0 Å². The molecule has 2 fully saturated rings. The maximum atomic E-state index is 12.0. The van der Waals surface area contributed by atoms with Gasteiger partial charge in [0.2, 0.25) is 5.91 Å². The average Bonchev–Trinajstić information content (AvgIpc) is 2.97. The van der Waals surface area contributed by atoms with Crippen molar-refractivity contribution in [2.24, 2.45) is 7.05 Å². The van der Waals surface area contributed by atoms with Crippen LogP contribution in [-0.4, -0.2) is 67.9 Å². The predicted octanol–water partition coefficient (Wildman–Crippen LogP) is 0.888. The van der Waals surface area contributed by atoms with Crippen molar-refractivity contribution in [1.82, 2.24) is 24.6 Å². The highest BCUT2D eigenvalue weighted by Crippen LogP contribution is 2.26. The highest BCUT2D eigenvalue weighted by atomic mass is 16.3. The van der Waals surface area contributed by atoms with Crippen molar-refractivity contribution in [3.8, 4) is 0 Å². The first-order chi connectivity index (χ1) is 11.6. The predicted molar refractivity (Wildman–Crippen MR) is 90.4 cm³/mol. The van der Waals surface area contributed by atoms with Gasteiger partial charge in [-0.2, -0.15) is 0 Å². The number of hydrogen-bond acceptors (Lipinski definition) is 5. The lowest BCUT2D eigenvalue weighted by Crippen LogP contribution is -2.39. The fraction of sp³-hybridized carbons (Fsp3) is 0.824. The Bertz CT molecular complexity index is 565. The topological polar surface area (TPSA) is 74.5 Å². The molecule has 0 bridgehead atoms. The van der Waals surface area contributed by atoms with Crippen molar-refractivity contribution >= 4 is 5.91 Å². The molecule has 24 heavy (non-hydrogen) atoms. The van der Waals surface area contributed by atoms with Crippen LogP contribution >= 0.6 is 0 Å². The monoisotopic (exact) mass is 335 g/mol. The Morgan fingerprint density at radius 1 is 1.21 bits per heavy atom. The van der Waals surface area contributed by atoms with Crippen LogP contribution in [0.1, 0.15) is 56.6 Å². The molecule has 1 aromatic heterocycles. The molecule has 3 heterocycles. The van der Waals surface area contributed by atoms with Gasteiger partial charge in [0.05, 0.1) is 12.6 Å². The second kappa shape index (κ2) is 7.61. The number of carbonyl (C=O) groups excluding carboxylic acids is 1. The number of aromatic nitrogens is 3. The molecule has 0 spiro atoms. The molecule has 2 aliphatic heterocycles. The van der Waals surface area contributed by atoms with Gasteiger partial charge in [-0.25, -0.2) is 0 Å². The Morgan fingerprint density at radius 3 is 2.67 bits per heavy atom. The number of aliphatic hydroxyl groups excluding tert-OH is 1. The average molecular weight is 335 g/mol. The van der Waals surface area contributed by atoms with Gasteiger partial charge in [-0.3, -0.25) is 9.69 Å². The molecule has 0 saturated carbocycles. The molecule has 1 N–H and O–H groups in total. The highest BCUT2D eigenvalue weighted by Gasteiger charge is 2.28. The summed E-state index contributed by atoms with van der Waals surface area (Å²) in [5.41, 5.74) is 0. The van der Waals surface area contributed by atoms with E-state index >= 15 is 0 Å². The zero-order valence-electron chi connectivity index (χ0n) is 14.8. The molecular weight excluding hydrogens is 306 g/mol. The van der Waals surface area contributed by atoms with E-state index in [1.807, 2.05) is 18.9 Å². The first-order valence-electron chi connectivity index (χ1n) is 9.14. The van der Waals surface area contributed by atoms with Crippen LogP contribution < -0.4 is 0 Å². The van der Waals surface area contributed by atoms with Gasteiger partial charge in [-0.05, 0) is 25.7 Å². The number of hydrogen-bond donors (Lipinski definition) is 1. The minimum absolute atomic E-state index is 0.152. The van der Waals surface area contributed by atoms with Gasteiger partial charge in [-0.15, -0.1) is 10.2 Å². The highest BCUT2D eigenvalue weighted by molar-refractivity contribution is 5.75. The van der Waals surface area contributed by atoms with Crippen molar-refractivity contribution in [1.29, 1.82) is 0 Å². The van der Waals surface area contributed by atoms with E-state index < -0.39 is 0 Å². The van der Waals surface area contributed by atoms with Gasteiger partial charge >= 0.3 is 0 Å². The lowest BCUT2D eigenvalue weighted by atomic mass is 9.97. The molecule has 2 saturated heterocycles. The standard InChI is InChI=1S/C17H29N5O2/c1-3-16(24)22-8-4-5-13(11-22)17-19-18-15(20(17)2)12-21-9-6-14(23)7-10-21/h13-14,23H,3-12H2,1-2H3. The third kappa shape index (κ3) is 3.78. The van der Waals surface area contributed by atoms with Crippen molar-refractivity contribution in [2.75, 3.05) is 26.2 Å². The van der Waals surface area contributed by atoms with Crippen molar-refractivity contribution in [2.45, 2.75) is 57.6 Å². The van der Waals surface area contributed by atoms with Gasteiger partial charge < -0.3 is 14.6 Å². The number of piperidine rings is 2. The Hall–Kier alpha value is -1.47. The number of likely N-dealkylation sites (tertiary alicyclic amines) is 2. The van der Waals surface area contributed by atoms with E-state index in [2.05, 4.69) is 19.7 Å². The fourth-order valence-corrected chi connectivity index (χ4v) is 3.78. The summed E-state index contributed by atoms with van der Waals surface area (Å²) in [5, 5.41) is 18.5. The molecule has 0 aliphatic carbocycles. The van der Waals surface area contributed by atoms with E-state index in [-0.39, 0.29) is 17.9 Å². The van der Waals surface area contributed by atoms with E-state index in [4.69, 9.17) is 0 Å². The minimum Gasteiger partial charge on any atom is -0.393 e. The largest absolute Gasteiger partial charge is 0.393 e. The molecule has 1 aromatic rings. The Kier molecular flexibility index (Phi) is 5.50. The van der Waals surface area contributed by atoms with Crippen LogP contribution in [0, 0.1) is 0 Å². The summed E-state index contributed by atoms with van der Waals surface area (Å²) in [7, 11) is 2.03. The van der Waals surface area contributed by atoms with Crippen molar-refractivity contribution in [3.05, 3.63) is 11.6 Å². The summed E-state index contributed by atoms with van der Waals surface area (Å²) in [6.45, 7) is 6.14. The Morgan fingerprint density at radius 2 is 1.96 bits per heavy atom. The number of aliphatic hydroxyl groups is 1. The van der Waals surface area contributed by atoms with Crippen molar-refractivity contribution in [3.63, 3.8) is 0 Å². The molecule has 7 heteroatoms. The van der Waals surface area contributed by atoms with Crippen LogP contribution in [-0.2, 0) is 18.4 Å². The van der Waals surface area contributed by atoms with Crippen LogP contribution in [0.3, 0.4) is 0 Å². The third-order valence-electron chi connectivity index (χ3n) is 5.36. The van der Waals surface area contributed by atoms with Gasteiger partial charge in [-0.1, -0.05) is 6.92 Å². The second-order valence-electron chi connectivity index (χ2n) is 7.07. The summed E-state index contributed by atoms with van der Waals surface area (Å²) < 4.78 is 2.11. The second-order valence-corrected chi connectivity index (χ2v) is 7.07. The smallest absolute Gasteiger partial charge is 0.222 e. The molecule has 1 unspecified atom stereocenters. The molecule has 0 aromatic carbocycles. The number of nitrogens with zero attached hydrogens (tertiary/aromatic N) is 5. The summed E-state index contributed by atoms with van der Waals surface area (Å²) in [4.78, 5) is 16.3. The summed E-state index contributed by atoms with van der Waals surface area (Å²) in [6.07, 6.45) is 4.18. The third-order valence-corrected chi connectivity index (χ3v) is 5.36. The SMILES string of the molecule is CCC(=O)N1CCCC(c2nnc(CN3CCC(O)CC3)n2C)C1. The first-order valence-corrected chi connectivity index (χ1v) is 9.14. The zero-order valence-corrected chi connectivity index (χ0v) is 14.8. The van der Waals surface area contributed by atoms with E-state index in [1.165, 1.54) is 0 Å². The quantitative estimate of drug-likeness (QED) is 0.884. The minimum atomic E-state index is -0.152. The summed E-state index contributed by atoms with van der Waals surface area (Å²) in [5.74, 6) is 2.48. The number of rotatable bonds is 4. The van der Waals surface area contributed by atoms with Gasteiger partial charge in [0, 0.05) is 45.6 Å². The molecule has 7 nitrogen and oxygen atoms in total. The molecule has 0 radical (unpaired) electrons. The number of amides is 1. The zero-order chi connectivity index (χ0) is 17.1. The number of carbonyl (C=O) groups is 1. The van der Waals surface area contributed by atoms with Gasteiger partial charge in [0.25, 0.3) is 0 Å². The van der Waals surface area contributed by atoms with Crippen LogP contribution in [0.5, 0.6) is 0 Å². The maximum Gasteiger partial charge on any atom is 0.222 e. The van der Waals surface area contributed by atoms with Gasteiger partial charge in [0.1, 0.15) is 11.6 Å². The summed E-state index contributed by atoms with van der Waals surface area (Å²) >= 11 is 0. The van der Waals surface area contributed by atoms with Crippen molar-refractivity contribution < 1.29 is 9.90 Å². The van der Waals surface area contributed by atoms with Crippen LogP contribution in [0.25, 0.3) is 0 Å². The lowest BCUT2D eigenvalue weighted by molar-refractivity contribution is -0.132. The van der Waals surface area contributed by atoms with Crippen LogP contribution in [0.2, 0.25) is 0 Å². The van der Waals surface area contributed by atoms with E-state index in [9.17, 15) is 9.90 Å². The van der Waals surface area contributed by atoms with Gasteiger partial charge in [0.15, 0.2) is 0 Å². The van der Waals surface area contributed by atoms with Crippen LogP contribution in [0.15, 0.2) is 0 Å². The van der Waals surface area contributed by atoms with E-state index in [0.717, 1.165) is 70.1 Å². The molecular formula is C17H29N5O2. The van der Waals surface area contributed by atoms with E-state index in [0.29, 0.717) is 6.42 Å². The Labute approximate surface area is 143 Å². The van der Waals surface area contributed by atoms with E-state index in [1.54, 1.807) is 0 Å². The molecule has 134 valence electrons. The first kappa shape index (κ1) is 17.4. The maximum absolute atomic E-state index is 12.0. The normalized spacial score (nSPS) is 23.6. The molecule has 2 aliphatic rings. The molecule has 3 rings (SSSR count). The molecule has 1 amide bonds. The Balaban J connectivity index is 1.65. The fourth-order valence-electron chi connectivity index (χ4n) is 3.78.